The van der Waals surface area contributed by atoms with Crippen LogP contribution in [0.2, 0.25) is 10.0 Å². The van der Waals surface area contributed by atoms with Crippen LogP contribution >= 0.6 is 35.0 Å². The molecule has 0 aromatic heterocycles. The van der Waals surface area contributed by atoms with Crippen LogP contribution in [0.15, 0.2) is 18.2 Å². The van der Waals surface area contributed by atoms with E-state index in [-0.39, 0.29) is 5.78 Å². The molecular weight excluding hydrogens is 251 g/mol. The molecule has 0 unspecified atom stereocenters. The van der Waals surface area contributed by atoms with Crippen LogP contribution in [0.1, 0.15) is 12.0 Å². The highest BCUT2D eigenvalue weighted by atomic mass is 35.5. The summed E-state index contributed by atoms with van der Waals surface area (Å²) in [6.45, 7) is 0. The average Bonchev–Trinajstić information content (AvgIpc) is 2.20. The number of thioether (sulfide) groups is 1. The Morgan fingerprint density at radius 3 is 2.67 bits per heavy atom. The van der Waals surface area contributed by atoms with Crippen molar-refractivity contribution in [1.82, 2.24) is 0 Å². The minimum atomic E-state index is 0.239. The minimum absolute atomic E-state index is 0.239. The fourth-order valence-electron chi connectivity index (χ4n) is 1.18. The zero-order valence-corrected chi connectivity index (χ0v) is 10.8. The van der Waals surface area contributed by atoms with E-state index in [0.717, 1.165) is 11.3 Å². The standard InChI is InChI=1S/C11H12Cl2OS/c1-15-5-4-9(14)6-8-2-3-10(12)11(13)7-8/h2-3,7H,4-6H2,1H3. The fraction of sp³-hybridized carbons (Fsp3) is 0.364. The maximum Gasteiger partial charge on any atom is 0.138 e. The van der Waals surface area contributed by atoms with Crippen LogP contribution < -0.4 is 0 Å². The number of halogens is 2. The number of hydrogen-bond donors (Lipinski definition) is 0. The van der Waals surface area contributed by atoms with Crippen molar-refractivity contribution in [2.45, 2.75) is 12.8 Å². The van der Waals surface area contributed by atoms with Crippen LogP contribution in [-0.4, -0.2) is 17.8 Å². The van der Waals surface area contributed by atoms with Crippen LogP contribution in [0.25, 0.3) is 0 Å². The zero-order chi connectivity index (χ0) is 11.3. The first-order valence-electron chi connectivity index (χ1n) is 4.58. The van der Waals surface area contributed by atoms with Crippen molar-refractivity contribution in [3.8, 4) is 0 Å². The summed E-state index contributed by atoms with van der Waals surface area (Å²) < 4.78 is 0. The van der Waals surface area contributed by atoms with E-state index >= 15 is 0 Å². The van der Waals surface area contributed by atoms with E-state index in [1.807, 2.05) is 12.3 Å². The molecule has 0 fully saturated rings. The Labute approximate surface area is 104 Å². The highest BCUT2D eigenvalue weighted by Crippen LogP contribution is 2.23. The minimum Gasteiger partial charge on any atom is -0.299 e. The highest BCUT2D eigenvalue weighted by molar-refractivity contribution is 7.98. The summed E-state index contributed by atoms with van der Waals surface area (Å²) in [4.78, 5) is 11.5. The molecule has 4 heteroatoms. The molecule has 0 bridgehead atoms. The van der Waals surface area contributed by atoms with Gasteiger partial charge in [0.2, 0.25) is 0 Å². The highest BCUT2D eigenvalue weighted by Gasteiger charge is 2.05. The maximum atomic E-state index is 11.5. The monoisotopic (exact) mass is 262 g/mol. The van der Waals surface area contributed by atoms with E-state index in [4.69, 9.17) is 23.2 Å². The van der Waals surface area contributed by atoms with Gasteiger partial charge in [-0.15, -0.1) is 0 Å². The lowest BCUT2D eigenvalue weighted by atomic mass is 10.1. The number of ketones is 1. The summed E-state index contributed by atoms with van der Waals surface area (Å²) in [6, 6.07) is 5.31. The summed E-state index contributed by atoms with van der Waals surface area (Å²) in [7, 11) is 0. The summed E-state index contributed by atoms with van der Waals surface area (Å²) in [6.07, 6.45) is 3.05. The summed E-state index contributed by atoms with van der Waals surface area (Å²) in [5.41, 5.74) is 0.926. The quantitative estimate of drug-likeness (QED) is 0.802. The lowest BCUT2D eigenvalue weighted by Crippen LogP contribution is -2.03. The average molecular weight is 263 g/mol. The Morgan fingerprint density at radius 2 is 2.07 bits per heavy atom. The lowest BCUT2D eigenvalue weighted by Gasteiger charge is -2.02. The molecule has 0 spiro atoms. The molecule has 1 aromatic rings. The van der Waals surface area contributed by atoms with Crippen LogP contribution in [0.4, 0.5) is 0 Å². The van der Waals surface area contributed by atoms with E-state index in [0.29, 0.717) is 22.9 Å². The van der Waals surface area contributed by atoms with Crippen molar-refractivity contribution < 1.29 is 4.79 Å². The predicted octanol–water partition coefficient (Wildman–Crippen LogP) is 3.86. The third-order valence-electron chi connectivity index (χ3n) is 1.97. The molecule has 0 aliphatic carbocycles. The molecule has 0 amide bonds. The van der Waals surface area contributed by atoms with Gasteiger partial charge < -0.3 is 0 Å². The second-order valence-corrected chi connectivity index (χ2v) is 5.01. The first-order valence-corrected chi connectivity index (χ1v) is 6.73. The molecule has 0 heterocycles. The van der Waals surface area contributed by atoms with Crippen molar-refractivity contribution >= 4 is 40.7 Å². The lowest BCUT2D eigenvalue weighted by molar-refractivity contribution is -0.118. The Kier molecular flexibility index (Phi) is 5.51. The van der Waals surface area contributed by atoms with Crippen molar-refractivity contribution in [3.05, 3.63) is 33.8 Å². The van der Waals surface area contributed by atoms with Gasteiger partial charge in [0, 0.05) is 12.8 Å². The zero-order valence-electron chi connectivity index (χ0n) is 8.43. The second kappa shape index (κ2) is 6.41. The van der Waals surface area contributed by atoms with E-state index in [2.05, 4.69) is 0 Å². The first kappa shape index (κ1) is 12.9. The van der Waals surface area contributed by atoms with Gasteiger partial charge in [0.15, 0.2) is 0 Å². The molecule has 1 nitrogen and oxygen atoms in total. The van der Waals surface area contributed by atoms with E-state index in [9.17, 15) is 4.79 Å². The Morgan fingerprint density at radius 1 is 1.33 bits per heavy atom. The van der Waals surface area contributed by atoms with Gasteiger partial charge in [-0.05, 0) is 29.7 Å². The molecule has 0 radical (unpaired) electrons. The van der Waals surface area contributed by atoms with Gasteiger partial charge in [0.1, 0.15) is 5.78 Å². The van der Waals surface area contributed by atoms with E-state index < -0.39 is 0 Å². The van der Waals surface area contributed by atoms with Crippen LogP contribution in [0, 0.1) is 0 Å². The molecule has 0 atom stereocenters. The number of Topliss-reactive ketones (excluding diaryl/α,β-unsaturated/α-hetero) is 1. The third kappa shape index (κ3) is 4.45. The van der Waals surface area contributed by atoms with Gasteiger partial charge in [-0.3, -0.25) is 4.79 Å². The Hall–Kier alpha value is -0.180. The summed E-state index contributed by atoms with van der Waals surface area (Å²) >= 11 is 13.3. The molecule has 1 aromatic carbocycles. The number of carbonyl (C=O) groups is 1. The smallest absolute Gasteiger partial charge is 0.138 e. The third-order valence-corrected chi connectivity index (χ3v) is 3.32. The van der Waals surface area contributed by atoms with Gasteiger partial charge >= 0.3 is 0 Å². The Balaban J connectivity index is 2.57. The van der Waals surface area contributed by atoms with E-state index in [1.165, 1.54) is 0 Å². The number of carbonyl (C=O) groups excluding carboxylic acids is 1. The van der Waals surface area contributed by atoms with Crippen molar-refractivity contribution in [1.29, 1.82) is 0 Å². The number of hydrogen-bond acceptors (Lipinski definition) is 2. The Bertz CT molecular complexity index is 352. The van der Waals surface area contributed by atoms with Gasteiger partial charge in [0.25, 0.3) is 0 Å². The number of benzene rings is 1. The second-order valence-electron chi connectivity index (χ2n) is 3.21. The van der Waals surface area contributed by atoms with Crippen molar-refractivity contribution in [2.24, 2.45) is 0 Å². The SMILES string of the molecule is CSCCC(=O)Cc1ccc(Cl)c(Cl)c1. The molecule has 0 saturated heterocycles. The van der Waals surface area contributed by atoms with Gasteiger partial charge in [-0.2, -0.15) is 11.8 Å². The van der Waals surface area contributed by atoms with Crippen LogP contribution in [0.3, 0.4) is 0 Å². The molecule has 0 saturated carbocycles. The number of rotatable bonds is 5. The normalized spacial score (nSPS) is 10.3. The molecule has 0 aliphatic rings. The fourth-order valence-corrected chi connectivity index (χ4v) is 1.93. The molecule has 0 N–H and O–H groups in total. The summed E-state index contributed by atoms with van der Waals surface area (Å²) in [5.74, 6) is 1.11. The molecule has 1 rings (SSSR count). The van der Waals surface area contributed by atoms with Crippen LogP contribution in [0.5, 0.6) is 0 Å². The molecular formula is C11H12Cl2OS. The summed E-state index contributed by atoms with van der Waals surface area (Å²) in [5, 5.41) is 1.03. The van der Waals surface area contributed by atoms with Crippen molar-refractivity contribution in [2.75, 3.05) is 12.0 Å². The topological polar surface area (TPSA) is 17.1 Å². The van der Waals surface area contributed by atoms with Gasteiger partial charge in [0.05, 0.1) is 10.0 Å². The van der Waals surface area contributed by atoms with Crippen LogP contribution in [-0.2, 0) is 11.2 Å². The first-order chi connectivity index (χ1) is 7.13. The largest absolute Gasteiger partial charge is 0.299 e. The van der Waals surface area contributed by atoms with Gasteiger partial charge in [-0.1, -0.05) is 29.3 Å². The molecule has 0 aliphatic heterocycles. The molecule has 15 heavy (non-hydrogen) atoms. The predicted molar refractivity (Wildman–Crippen MR) is 68.2 cm³/mol. The van der Waals surface area contributed by atoms with E-state index in [1.54, 1.807) is 23.9 Å². The van der Waals surface area contributed by atoms with Gasteiger partial charge in [-0.25, -0.2) is 0 Å². The maximum absolute atomic E-state index is 11.5. The molecule has 82 valence electrons. The van der Waals surface area contributed by atoms with Crippen molar-refractivity contribution in [3.63, 3.8) is 0 Å².